The lowest BCUT2D eigenvalue weighted by Crippen LogP contribution is -2.48. The van der Waals surface area contributed by atoms with Gasteiger partial charge in [-0.1, -0.05) is 12.1 Å². The monoisotopic (exact) mass is 431 g/mol. The Labute approximate surface area is 179 Å². The van der Waals surface area contributed by atoms with Crippen molar-refractivity contribution < 1.29 is 28.7 Å². The highest BCUT2D eigenvalue weighted by atomic mass is 16.6. The van der Waals surface area contributed by atoms with E-state index in [1.165, 1.54) is 37.3 Å². The smallest absolute Gasteiger partial charge is 0.311 e. The van der Waals surface area contributed by atoms with Crippen molar-refractivity contribution in [3.63, 3.8) is 0 Å². The van der Waals surface area contributed by atoms with E-state index in [1.54, 1.807) is 32.2 Å². The van der Waals surface area contributed by atoms with Gasteiger partial charge in [0.1, 0.15) is 17.5 Å². The molecular weight excluding hydrogens is 406 g/mol. The van der Waals surface area contributed by atoms with E-state index in [1.807, 2.05) is 6.07 Å². The van der Waals surface area contributed by atoms with Gasteiger partial charge in [-0.15, -0.1) is 0 Å². The van der Waals surface area contributed by atoms with E-state index >= 15 is 0 Å². The van der Waals surface area contributed by atoms with Gasteiger partial charge in [0.15, 0.2) is 6.61 Å². The van der Waals surface area contributed by atoms with Crippen molar-refractivity contribution in [2.24, 2.45) is 0 Å². The number of carbonyl (C=O) groups is 2. The fraction of sp³-hybridized carbons (Fsp3) is 0.333. The molecule has 0 saturated heterocycles. The molecule has 0 aliphatic rings. The number of benzene rings is 2. The summed E-state index contributed by atoms with van der Waals surface area (Å²) in [5.74, 6) is 0.114. The number of hydrogen-bond acceptors (Lipinski definition) is 7. The first-order valence-corrected chi connectivity index (χ1v) is 9.40. The van der Waals surface area contributed by atoms with E-state index in [4.69, 9.17) is 14.2 Å². The molecule has 0 aliphatic heterocycles. The molecule has 0 aromatic heterocycles. The number of nitrogens with one attached hydrogen (secondary N) is 1. The Kier molecular flexibility index (Phi) is 8.18. The molecule has 2 amide bonds. The average molecular weight is 431 g/mol. The topological polar surface area (TPSA) is 120 Å². The third kappa shape index (κ3) is 6.08. The first-order valence-electron chi connectivity index (χ1n) is 9.40. The number of rotatable bonds is 10. The number of likely N-dealkylation sites (N-methyl/N-ethyl adjacent to an activating group) is 1. The van der Waals surface area contributed by atoms with Crippen LogP contribution in [0.15, 0.2) is 42.5 Å². The van der Waals surface area contributed by atoms with Crippen molar-refractivity contribution in [1.82, 2.24) is 10.2 Å². The molecule has 31 heavy (non-hydrogen) atoms. The van der Waals surface area contributed by atoms with Crippen LogP contribution >= 0.6 is 0 Å². The summed E-state index contributed by atoms with van der Waals surface area (Å²) in [6, 6.07) is 10.4. The molecule has 10 heteroatoms. The molecule has 1 N–H and O–H groups in total. The zero-order chi connectivity index (χ0) is 23.0. The van der Waals surface area contributed by atoms with Gasteiger partial charge in [-0.05, 0) is 30.7 Å². The van der Waals surface area contributed by atoms with Crippen LogP contribution in [-0.4, -0.2) is 55.6 Å². The van der Waals surface area contributed by atoms with Gasteiger partial charge in [-0.2, -0.15) is 0 Å². The van der Waals surface area contributed by atoms with Gasteiger partial charge in [0.25, 0.3) is 5.91 Å². The fourth-order valence-electron chi connectivity index (χ4n) is 2.89. The maximum Gasteiger partial charge on any atom is 0.311 e. The van der Waals surface area contributed by atoms with Gasteiger partial charge in [0, 0.05) is 25.7 Å². The molecule has 10 nitrogen and oxygen atoms in total. The summed E-state index contributed by atoms with van der Waals surface area (Å²) in [5.41, 5.74) is 0.564. The van der Waals surface area contributed by atoms with Crippen LogP contribution in [0.5, 0.6) is 17.2 Å². The highest BCUT2D eigenvalue weighted by Gasteiger charge is 2.26. The van der Waals surface area contributed by atoms with Gasteiger partial charge >= 0.3 is 5.69 Å². The van der Waals surface area contributed by atoms with E-state index in [2.05, 4.69) is 5.32 Å². The number of carbonyl (C=O) groups excluding carboxylic acids is 2. The number of ether oxygens (including phenoxy) is 3. The van der Waals surface area contributed by atoms with Crippen LogP contribution < -0.4 is 19.5 Å². The number of nitro benzene ring substituents is 1. The van der Waals surface area contributed by atoms with Crippen LogP contribution in [0.1, 0.15) is 12.5 Å². The van der Waals surface area contributed by atoms with Crippen molar-refractivity contribution in [2.45, 2.75) is 19.5 Å². The predicted molar refractivity (Wildman–Crippen MR) is 112 cm³/mol. The van der Waals surface area contributed by atoms with Gasteiger partial charge in [-0.3, -0.25) is 19.7 Å². The molecule has 0 spiro atoms. The van der Waals surface area contributed by atoms with Crippen molar-refractivity contribution >= 4 is 17.5 Å². The number of hydrogen-bond donors (Lipinski definition) is 1. The van der Waals surface area contributed by atoms with Gasteiger partial charge in [-0.25, -0.2) is 0 Å². The van der Waals surface area contributed by atoms with E-state index in [9.17, 15) is 19.7 Å². The number of nitrogens with zero attached hydrogens (tertiary/aromatic N) is 2. The molecule has 0 unspecified atom stereocenters. The minimum Gasteiger partial charge on any atom is -0.497 e. The molecule has 2 rings (SSSR count). The minimum absolute atomic E-state index is 0.0157. The molecule has 0 bridgehead atoms. The lowest BCUT2D eigenvalue weighted by Gasteiger charge is -2.28. The second-order valence-corrected chi connectivity index (χ2v) is 6.54. The predicted octanol–water partition coefficient (Wildman–Crippen LogP) is 2.15. The number of amides is 2. The summed E-state index contributed by atoms with van der Waals surface area (Å²) in [4.78, 5) is 36.9. The van der Waals surface area contributed by atoms with Gasteiger partial charge in [0.2, 0.25) is 11.7 Å². The second kappa shape index (κ2) is 10.8. The number of methoxy groups -OCH3 is 2. The van der Waals surface area contributed by atoms with E-state index in [0.717, 1.165) is 5.56 Å². The lowest BCUT2D eigenvalue weighted by molar-refractivity contribution is -0.385. The van der Waals surface area contributed by atoms with Gasteiger partial charge in [0.05, 0.1) is 19.1 Å². The van der Waals surface area contributed by atoms with Crippen LogP contribution in [0.25, 0.3) is 0 Å². The molecule has 1 atom stereocenters. The maximum absolute atomic E-state index is 12.9. The summed E-state index contributed by atoms with van der Waals surface area (Å²) in [6.45, 7) is 1.41. The fourth-order valence-corrected chi connectivity index (χ4v) is 2.89. The Morgan fingerprint density at radius 2 is 1.87 bits per heavy atom. The Hall–Kier alpha value is -3.82. The summed E-state index contributed by atoms with van der Waals surface area (Å²) < 4.78 is 15.7. The first-order chi connectivity index (χ1) is 14.8. The molecule has 0 heterocycles. The summed E-state index contributed by atoms with van der Waals surface area (Å²) >= 11 is 0. The summed E-state index contributed by atoms with van der Waals surface area (Å²) in [7, 11) is 4.34. The van der Waals surface area contributed by atoms with Crippen LogP contribution in [0, 0.1) is 10.1 Å². The van der Waals surface area contributed by atoms with Crippen LogP contribution in [0.3, 0.4) is 0 Å². The van der Waals surface area contributed by atoms with E-state index in [-0.39, 0.29) is 36.2 Å². The van der Waals surface area contributed by atoms with Crippen molar-refractivity contribution in [2.75, 3.05) is 27.9 Å². The molecular formula is C21H25N3O7. The number of nitro groups is 1. The largest absolute Gasteiger partial charge is 0.497 e. The Morgan fingerprint density at radius 3 is 2.48 bits per heavy atom. The third-order valence-electron chi connectivity index (χ3n) is 4.61. The van der Waals surface area contributed by atoms with E-state index in [0.29, 0.717) is 5.75 Å². The highest BCUT2D eigenvalue weighted by Crippen LogP contribution is 2.30. The standard InChI is InChI=1S/C21H25N3O7/c1-14(21(26)22-2)23(12-15-6-5-7-16(10-15)29-3)20(25)13-31-17-8-9-18(24(27)28)19(11-17)30-4/h5-11,14H,12-13H2,1-4H3,(H,22,26)/t14-/m0/s1. The van der Waals surface area contributed by atoms with Crippen LogP contribution in [0.2, 0.25) is 0 Å². The SMILES string of the molecule is CNC(=O)[C@H](C)N(Cc1cccc(OC)c1)C(=O)COc1ccc([N+](=O)[O-])c(OC)c1. The van der Waals surface area contributed by atoms with E-state index < -0.39 is 16.9 Å². The zero-order valence-electron chi connectivity index (χ0n) is 17.8. The van der Waals surface area contributed by atoms with Crippen molar-refractivity contribution in [1.29, 1.82) is 0 Å². The highest BCUT2D eigenvalue weighted by molar-refractivity contribution is 5.87. The Balaban J connectivity index is 2.18. The molecule has 2 aromatic carbocycles. The lowest BCUT2D eigenvalue weighted by atomic mass is 10.1. The molecule has 166 valence electrons. The minimum atomic E-state index is -0.751. The second-order valence-electron chi connectivity index (χ2n) is 6.54. The van der Waals surface area contributed by atoms with Gasteiger partial charge < -0.3 is 24.4 Å². The maximum atomic E-state index is 12.9. The molecule has 0 radical (unpaired) electrons. The van der Waals surface area contributed by atoms with Crippen LogP contribution in [0.4, 0.5) is 5.69 Å². The normalized spacial score (nSPS) is 11.2. The zero-order valence-corrected chi connectivity index (χ0v) is 17.8. The third-order valence-corrected chi connectivity index (χ3v) is 4.61. The molecule has 0 saturated carbocycles. The Morgan fingerprint density at radius 1 is 1.13 bits per heavy atom. The molecule has 2 aromatic rings. The van der Waals surface area contributed by atoms with Crippen molar-refractivity contribution in [3.05, 3.63) is 58.1 Å². The summed E-state index contributed by atoms with van der Waals surface area (Å²) in [6.07, 6.45) is 0. The average Bonchev–Trinajstić information content (AvgIpc) is 2.79. The van der Waals surface area contributed by atoms with Crippen molar-refractivity contribution in [3.8, 4) is 17.2 Å². The molecule has 0 aliphatic carbocycles. The molecule has 0 fully saturated rings. The Bertz CT molecular complexity index is 948. The first kappa shape index (κ1) is 23.5. The quantitative estimate of drug-likeness (QED) is 0.452. The summed E-state index contributed by atoms with van der Waals surface area (Å²) in [5, 5.41) is 13.5. The van der Waals surface area contributed by atoms with Crippen LogP contribution in [-0.2, 0) is 16.1 Å².